The van der Waals surface area contributed by atoms with E-state index in [0.717, 1.165) is 6.20 Å². The second-order valence-electron chi connectivity index (χ2n) is 2.58. The minimum atomic E-state index is -3.20. The third-order valence-corrected chi connectivity index (χ3v) is 2.46. The fourth-order valence-corrected chi connectivity index (χ4v) is 1.67. The molecular formula is C7H3F2IN2O4. The van der Waals surface area contributed by atoms with Gasteiger partial charge in [-0.1, -0.05) is 0 Å². The number of hydrogen-bond acceptors (Lipinski definition) is 4. The summed E-state index contributed by atoms with van der Waals surface area (Å²) >= 11 is 1.48. The van der Waals surface area contributed by atoms with E-state index < -0.39 is 34.3 Å². The van der Waals surface area contributed by atoms with Crippen molar-refractivity contribution in [1.82, 2.24) is 4.98 Å². The second kappa shape index (κ2) is 4.63. The molecule has 86 valence electrons. The topological polar surface area (TPSA) is 93.3 Å². The Balaban J connectivity index is 3.63. The standard InChI is InChI=1S/C7H3F2IN2O4/c8-6(9)4-5(12(15)16)3(7(13)14)2(10)1-11-4/h1,6H,(H,13,14). The lowest BCUT2D eigenvalue weighted by Crippen LogP contribution is -2.10. The Hall–Kier alpha value is -1.39. The number of rotatable bonds is 3. The van der Waals surface area contributed by atoms with E-state index in [-0.39, 0.29) is 3.57 Å². The lowest BCUT2D eigenvalue weighted by molar-refractivity contribution is -0.387. The summed E-state index contributed by atoms with van der Waals surface area (Å²) in [6.45, 7) is 0. The Labute approximate surface area is 101 Å². The molecular weight excluding hydrogens is 341 g/mol. The molecule has 6 nitrogen and oxygen atoms in total. The molecule has 0 saturated carbocycles. The number of aromatic carboxylic acids is 1. The zero-order valence-electron chi connectivity index (χ0n) is 7.35. The molecule has 1 aromatic heterocycles. The molecule has 0 aromatic carbocycles. The van der Waals surface area contributed by atoms with Crippen molar-refractivity contribution < 1.29 is 23.6 Å². The van der Waals surface area contributed by atoms with Gasteiger partial charge in [0.2, 0.25) is 0 Å². The highest BCUT2D eigenvalue weighted by molar-refractivity contribution is 14.1. The number of carboxylic acids is 1. The van der Waals surface area contributed by atoms with Crippen LogP contribution in [0.3, 0.4) is 0 Å². The Morgan fingerprint density at radius 2 is 2.19 bits per heavy atom. The number of carboxylic acid groups (broad SMARTS) is 1. The molecule has 0 aliphatic carbocycles. The van der Waals surface area contributed by atoms with Crippen LogP contribution in [0.25, 0.3) is 0 Å². The first-order valence-electron chi connectivity index (χ1n) is 3.70. The van der Waals surface area contributed by atoms with Crippen LogP contribution in [0.5, 0.6) is 0 Å². The third kappa shape index (κ3) is 2.23. The highest BCUT2D eigenvalue weighted by Crippen LogP contribution is 2.32. The Kier molecular flexibility index (Phi) is 3.67. The van der Waals surface area contributed by atoms with Crippen molar-refractivity contribution in [2.45, 2.75) is 6.43 Å². The van der Waals surface area contributed by atoms with Gasteiger partial charge < -0.3 is 5.11 Å². The van der Waals surface area contributed by atoms with Gasteiger partial charge in [0.1, 0.15) is 0 Å². The zero-order chi connectivity index (χ0) is 12.5. The normalized spacial score (nSPS) is 10.5. The summed E-state index contributed by atoms with van der Waals surface area (Å²) < 4.78 is 24.7. The number of alkyl halides is 2. The smallest absolute Gasteiger partial charge is 0.343 e. The first-order valence-corrected chi connectivity index (χ1v) is 4.78. The van der Waals surface area contributed by atoms with Crippen molar-refractivity contribution in [1.29, 1.82) is 0 Å². The van der Waals surface area contributed by atoms with Gasteiger partial charge >= 0.3 is 11.7 Å². The molecule has 0 aliphatic heterocycles. The fraction of sp³-hybridized carbons (Fsp3) is 0.143. The third-order valence-electron chi connectivity index (χ3n) is 1.64. The maximum absolute atomic E-state index is 12.4. The summed E-state index contributed by atoms with van der Waals surface area (Å²) in [6, 6.07) is 0. The summed E-state index contributed by atoms with van der Waals surface area (Å²) in [4.78, 5) is 23.3. The molecule has 0 atom stereocenters. The number of hydrogen-bond donors (Lipinski definition) is 1. The van der Waals surface area contributed by atoms with Crippen LogP contribution in [0, 0.1) is 13.7 Å². The monoisotopic (exact) mass is 344 g/mol. The summed E-state index contributed by atoms with van der Waals surface area (Å²) in [5.74, 6) is -1.64. The van der Waals surface area contributed by atoms with E-state index in [9.17, 15) is 23.7 Å². The maximum atomic E-state index is 12.4. The molecule has 1 heterocycles. The average Bonchev–Trinajstić information content (AvgIpc) is 2.15. The lowest BCUT2D eigenvalue weighted by Gasteiger charge is -2.05. The Morgan fingerprint density at radius 3 is 2.56 bits per heavy atom. The number of nitrogens with zero attached hydrogens (tertiary/aromatic N) is 2. The molecule has 1 rings (SSSR count). The van der Waals surface area contributed by atoms with Gasteiger partial charge in [-0.3, -0.25) is 10.1 Å². The molecule has 0 unspecified atom stereocenters. The van der Waals surface area contributed by atoms with Crippen molar-refractivity contribution >= 4 is 34.2 Å². The van der Waals surface area contributed by atoms with Gasteiger partial charge in [-0.2, -0.15) is 0 Å². The second-order valence-corrected chi connectivity index (χ2v) is 3.74. The van der Waals surface area contributed by atoms with Crippen molar-refractivity contribution in [2.24, 2.45) is 0 Å². The van der Waals surface area contributed by atoms with Gasteiger partial charge in [0.05, 0.1) is 8.49 Å². The van der Waals surface area contributed by atoms with E-state index in [2.05, 4.69) is 4.98 Å². The number of halogens is 3. The van der Waals surface area contributed by atoms with Crippen LogP contribution in [-0.2, 0) is 0 Å². The van der Waals surface area contributed by atoms with Crippen LogP contribution < -0.4 is 0 Å². The predicted octanol–water partition coefficient (Wildman–Crippen LogP) is 2.23. The SMILES string of the molecule is O=C(O)c1c(I)cnc(C(F)F)c1[N+](=O)[O-]. The molecule has 0 amide bonds. The van der Waals surface area contributed by atoms with Crippen molar-refractivity contribution in [2.75, 3.05) is 0 Å². The zero-order valence-corrected chi connectivity index (χ0v) is 9.51. The molecule has 0 spiro atoms. The van der Waals surface area contributed by atoms with E-state index in [1.54, 1.807) is 0 Å². The first kappa shape index (κ1) is 12.7. The van der Waals surface area contributed by atoms with Crippen molar-refractivity contribution in [3.63, 3.8) is 0 Å². The van der Waals surface area contributed by atoms with Crippen LogP contribution in [0.15, 0.2) is 6.20 Å². The first-order chi connectivity index (χ1) is 7.36. The number of carbonyl (C=O) groups is 1. The minimum Gasteiger partial charge on any atom is -0.477 e. The van der Waals surface area contributed by atoms with Crippen LogP contribution in [0.2, 0.25) is 0 Å². The molecule has 0 bridgehead atoms. The molecule has 0 fully saturated rings. The van der Waals surface area contributed by atoms with E-state index in [1.165, 1.54) is 22.6 Å². The van der Waals surface area contributed by atoms with Gasteiger partial charge in [0.15, 0.2) is 11.3 Å². The molecule has 1 aromatic rings. The van der Waals surface area contributed by atoms with Crippen molar-refractivity contribution in [3.8, 4) is 0 Å². The van der Waals surface area contributed by atoms with Gasteiger partial charge in [-0.15, -0.1) is 0 Å². The summed E-state index contributed by atoms with van der Waals surface area (Å²) in [7, 11) is 0. The number of nitro groups is 1. The summed E-state index contributed by atoms with van der Waals surface area (Å²) in [6.07, 6.45) is -2.34. The average molecular weight is 344 g/mol. The van der Waals surface area contributed by atoms with Crippen LogP contribution in [0.4, 0.5) is 14.5 Å². The minimum absolute atomic E-state index is 0.0683. The molecule has 0 saturated heterocycles. The van der Waals surface area contributed by atoms with Gasteiger partial charge in [-0.25, -0.2) is 18.6 Å². The Morgan fingerprint density at radius 1 is 1.62 bits per heavy atom. The summed E-state index contributed by atoms with van der Waals surface area (Å²) in [5.41, 5.74) is -3.06. The maximum Gasteiger partial charge on any atom is 0.343 e. The molecule has 16 heavy (non-hydrogen) atoms. The van der Waals surface area contributed by atoms with Crippen LogP contribution >= 0.6 is 22.6 Å². The summed E-state index contributed by atoms with van der Waals surface area (Å²) in [5, 5.41) is 19.3. The molecule has 9 heteroatoms. The van der Waals surface area contributed by atoms with E-state index in [0.29, 0.717) is 0 Å². The largest absolute Gasteiger partial charge is 0.477 e. The number of pyridine rings is 1. The predicted molar refractivity (Wildman–Crippen MR) is 55.5 cm³/mol. The van der Waals surface area contributed by atoms with E-state index >= 15 is 0 Å². The molecule has 0 radical (unpaired) electrons. The van der Waals surface area contributed by atoms with Crippen molar-refractivity contribution in [3.05, 3.63) is 31.1 Å². The van der Waals surface area contributed by atoms with Crippen LogP contribution in [-0.4, -0.2) is 21.0 Å². The van der Waals surface area contributed by atoms with Gasteiger partial charge in [-0.05, 0) is 22.6 Å². The molecule has 1 N–H and O–H groups in total. The number of aromatic nitrogens is 1. The van der Waals surface area contributed by atoms with Gasteiger partial charge in [0.25, 0.3) is 6.43 Å². The fourth-order valence-electron chi connectivity index (χ4n) is 1.04. The van der Waals surface area contributed by atoms with Crippen LogP contribution in [0.1, 0.15) is 22.5 Å². The molecule has 0 aliphatic rings. The Bertz CT molecular complexity index is 466. The quantitative estimate of drug-likeness (QED) is 0.516. The van der Waals surface area contributed by atoms with Gasteiger partial charge in [0, 0.05) is 6.20 Å². The highest BCUT2D eigenvalue weighted by atomic mass is 127. The van der Waals surface area contributed by atoms with E-state index in [4.69, 9.17) is 5.11 Å². The highest BCUT2D eigenvalue weighted by Gasteiger charge is 2.32. The lowest BCUT2D eigenvalue weighted by atomic mass is 10.2. The van der Waals surface area contributed by atoms with E-state index in [1.807, 2.05) is 0 Å².